The quantitative estimate of drug-likeness (QED) is 0.498. The van der Waals surface area contributed by atoms with Gasteiger partial charge in [0.05, 0.1) is 17.1 Å². The predicted octanol–water partition coefficient (Wildman–Crippen LogP) is 3.88. The van der Waals surface area contributed by atoms with E-state index in [2.05, 4.69) is 16.0 Å². The van der Waals surface area contributed by atoms with Gasteiger partial charge < -0.3 is 16.0 Å². The first-order valence-corrected chi connectivity index (χ1v) is 11.1. The maximum atomic E-state index is 13.2. The smallest absolute Gasteiger partial charge is 0.253 e. The molecule has 11 heteroatoms. The summed E-state index contributed by atoms with van der Waals surface area (Å²) in [6.45, 7) is -0.425. The van der Waals surface area contributed by atoms with Crippen molar-refractivity contribution in [3.8, 4) is 0 Å². The van der Waals surface area contributed by atoms with Gasteiger partial charge in [-0.3, -0.25) is 14.4 Å². The summed E-state index contributed by atoms with van der Waals surface area (Å²) >= 11 is 13.4. The van der Waals surface area contributed by atoms with E-state index in [1.54, 1.807) is 0 Å². The summed E-state index contributed by atoms with van der Waals surface area (Å²) < 4.78 is 26.2. The van der Waals surface area contributed by atoms with Crippen molar-refractivity contribution in [2.75, 3.05) is 23.9 Å². The zero-order valence-electron chi connectivity index (χ0n) is 16.3. The molecule has 0 fully saturated rings. The molecule has 2 aromatic carbocycles. The fourth-order valence-electron chi connectivity index (χ4n) is 2.48. The Morgan fingerprint density at radius 1 is 1.06 bits per heavy atom. The van der Waals surface area contributed by atoms with Gasteiger partial charge in [-0.2, -0.15) is 11.8 Å². The second-order valence-corrected chi connectivity index (χ2v) is 8.16. The Bertz CT molecular complexity index is 979. The number of hydrogen-bond donors (Lipinski definition) is 3. The van der Waals surface area contributed by atoms with Crippen LogP contribution in [0.25, 0.3) is 0 Å². The summed E-state index contributed by atoms with van der Waals surface area (Å²) in [7, 11) is 0. The predicted molar refractivity (Wildman–Crippen MR) is 119 cm³/mol. The molecule has 0 aliphatic rings. The van der Waals surface area contributed by atoms with Crippen molar-refractivity contribution < 1.29 is 23.2 Å². The van der Waals surface area contributed by atoms with E-state index in [4.69, 9.17) is 23.2 Å². The lowest BCUT2D eigenvalue weighted by Crippen LogP contribution is -2.48. The molecule has 2 rings (SSSR count). The molecule has 0 radical (unpaired) electrons. The van der Waals surface area contributed by atoms with Crippen LogP contribution in [0.2, 0.25) is 10.0 Å². The van der Waals surface area contributed by atoms with Gasteiger partial charge >= 0.3 is 0 Å². The first kappa shape index (κ1) is 24.9. The number of amides is 3. The highest BCUT2D eigenvalue weighted by atomic mass is 35.5. The molecule has 1 atom stereocenters. The van der Waals surface area contributed by atoms with Crippen molar-refractivity contribution in [1.82, 2.24) is 10.6 Å². The second kappa shape index (κ2) is 11.9. The van der Waals surface area contributed by atoms with E-state index in [9.17, 15) is 23.2 Å². The van der Waals surface area contributed by atoms with Gasteiger partial charge in [0.25, 0.3) is 5.91 Å². The number of nitrogens with one attached hydrogen (secondary N) is 3. The number of anilines is 1. The summed E-state index contributed by atoms with van der Waals surface area (Å²) in [6.07, 6.45) is 2.16. The highest BCUT2D eigenvalue weighted by Gasteiger charge is 2.23. The van der Waals surface area contributed by atoms with Crippen LogP contribution in [-0.2, 0) is 9.59 Å². The number of halogens is 4. The number of hydrogen-bond acceptors (Lipinski definition) is 4. The number of thioether (sulfide) groups is 1. The lowest BCUT2D eigenvalue weighted by atomic mass is 10.1. The molecule has 2 aromatic rings. The highest BCUT2D eigenvalue weighted by Crippen LogP contribution is 2.21. The molecule has 0 bridgehead atoms. The Labute approximate surface area is 192 Å². The first-order valence-electron chi connectivity index (χ1n) is 8.98. The van der Waals surface area contributed by atoms with Gasteiger partial charge in [0, 0.05) is 16.8 Å². The van der Waals surface area contributed by atoms with Crippen LogP contribution < -0.4 is 16.0 Å². The molecule has 0 spiro atoms. The normalized spacial score (nSPS) is 11.5. The summed E-state index contributed by atoms with van der Waals surface area (Å²) in [5.74, 6) is -3.35. The molecular weight excluding hydrogens is 471 g/mol. The van der Waals surface area contributed by atoms with Crippen molar-refractivity contribution in [2.45, 2.75) is 12.5 Å². The minimum atomic E-state index is -1.11. The number of benzene rings is 2. The Kier molecular flexibility index (Phi) is 9.54. The monoisotopic (exact) mass is 489 g/mol. The number of carbonyl (C=O) groups excluding carboxylic acids is 3. The van der Waals surface area contributed by atoms with Gasteiger partial charge in [-0.05, 0) is 48.8 Å². The van der Waals surface area contributed by atoms with Crippen molar-refractivity contribution in [2.24, 2.45) is 0 Å². The largest absolute Gasteiger partial charge is 0.345 e. The van der Waals surface area contributed by atoms with Crippen LogP contribution >= 0.6 is 35.0 Å². The molecule has 0 saturated carbocycles. The summed E-state index contributed by atoms with van der Waals surface area (Å²) in [6, 6.07) is 6.34. The lowest BCUT2D eigenvalue weighted by molar-refractivity contribution is -0.125. The van der Waals surface area contributed by atoms with Crippen LogP contribution in [0.5, 0.6) is 0 Å². The number of carbonyl (C=O) groups is 3. The fraction of sp³-hybridized carbons (Fsp3) is 0.250. The topological polar surface area (TPSA) is 87.3 Å². The van der Waals surface area contributed by atoms with E-state index in [0.717, 1.165) is 12.1 Å². The second-order valence-electron chi connectivity index (χ2n) is 6.33. The van der Waals surface area contributed by atoms with Gasteiger partial charge in [-0.25, -0.2) is 8.78 Å². The van der Waals surface area contributed by atoms with Gasteiger partial charge in [0.1, 0.15) is 6.04 Å². The molecule has 0 heterocycles. The van der Waals surface area contributed by atoms with Gasteiger partial charge in [0.15, 0.2) is 11.6 Å². The third-order valence-corrected chi connectivity index (χ3v) is 5.23. The molecule has 0 aromatic heterocycles. The minimum Gasteiger partial charge on any atom is -0.345 e. The molecule has 1 unspecified atom stereocenters. The van der Waals surface area contributed by atoms with Crippen molar-refractivity contribution in [1.29, 1.82) is 0 Å². The van der Waals surface area contributed by atoms with E-state index in [0.29, 0.717) is 17.2 Å². The van der Waals surface area contributed by atoms with Crippen LogP contribution in [0.1, 0.15) is 16.8 Å². The summed E-state index contributed by atoms with van der Waals surface area (Å²) in [5.41, 5.74) is 0.201. The number of rotatable bonds is 9. The van der Waals surface area contributed by atoms with Crippen LogP contribution in [0.4, 0.5) is 14.5 Å². The summed E-state index contributed by atoms with van der Waals surface area (Å²) in [5, 5.41) is 7.87. The van der Waals surface area contributed by atoms with Crippen molar-refractivity contribution in [3.05, 3.63) is 63.6 Å². The highest BCUT2D eigenvalue weighted by molar-refractivity contribution is 7.98. The van der Waals surface area contributed by atoms with Gasteiger partial charge in [-0.1, -0.05) is 23.2 Å². The maximum Gasteiger partial charge on any atom is 0.253 e. The van der Waals surface area contributed by atoms with E-state index in [-0.39, 0.29) is 16.3 Å². The SMILES string of the molecule is CSCCC(NC(=O)c1ccc(Cl)cc1Cl)C(=O)NCC(=O)Nc1ccc(F)c(F)c1. The molecule has 0 saturated heterocycles. The van der Waals surface area contributed by atoms with Crippen molar-refractivity contribution in [3.63, 3.8) is 0 Å². The average Bonchev–Trinajstić information content (AvgIpc) is 2.71. The lowest BCUT2D eigenvalue weighted by Gasteiger charge is -2.18. The van der Waals surface area contributed by atoms with E-state index < -0.39 is 41.9 Å². The maximum absolute atomic E-state index is 13.2. The first-order chi connectivity index (χ1) is 14.7. The standard InChI is InChI=1S/C20H19Cl2F2N3O3S/c1-31-7-6-17(27-19(29)13-4-2-11(21)8-14(13)22)20(30)25-10-18(28)26-12-3-5-15(23)16(24)9-12/h2-5,8-9,17H,6-7,10H2,1H3,(H,25,30)(H,26,28)(H,27,29). The Morgan fingerprint density at radius 2 is 1.81 bits per heavy atom. The molecule has 0 aliphatic carbocycles. The molecule has 0 aliphatic heterocycles. The van der Waals surface area contributed by atoms with Gasteiger partial charge in [-0.15, -0.1) is 0 Å². The summed E-state index contributed by atoms with van der Waals surface area (Å²) in [4.78, 5) is 37.1. The van der Waals surface area contributed by atoms with Crippen LogP contribution in [0.3, 0.4) is 0 Å². The average molecular weight is 490 g/mol. The van der Waals surface area contributed by atoms with Crippen LogP contribution in [0.15, 0.2) is 36.4 Å². The molecule has 6 nitrogen and oxygen atoms in total. The third kappa shape index (κ3) is 7.68. The van der Waals surface area contributed by atoms with Crippen LogP contribution in [0, 0.1) is 11.6 Å². The Hall–Kier alpha value is -2.36. The van der Waals surface area contributed by atoms with Crippen molar-refractivity contribution >= 4 is 58.4 Å². The fourth-order valence-corrected chi connectivity index (χ4v) is 3.45. The van der Waals surface area contributed by atoms with E-state index in [1.807, 2.05) is 6.26 Å². The van der Waals surface area contributed by atoms with E-state index >= 15 is 0 Å². The molecular formula is C20H19Cl2F2N3O3S. The minimum absolute atomic E-state index is 0.0442. The molecule has 166 valence electrons. The zero-order valence-corrected chi connectivity index (χ0v) is 18.6. The molecule has 31 heavy (non-hydrogen) atoms. The molecule has 3 amide bonds. The zero-order chi connectivity index (χ0) is 23.0. The third-order valence-electron chi connectivity index (χ3n) is 4.03. The van der Waals surface area contributed by atoms with Gasteiger partial charge in [0.2, 0.25) is 11.8 Å². The Morgan fingerprint density at radius 3 is 2.45 bits per heavy atom. The molecule has 3 N–H and O–H groups in total. The van der Waals surface area contributed by atoms with Crippen LogP contribution in [-0.4, -0.2) is 42.3 Å². The van der Waals surface area contributed by atoms with E-state index in [1.165, 1.54) is 36.0 Å². The Balaban J connectivity index is 1.97.